The van der Waals surface area contributed by atoms with E-state index in [0.29, 0.717) is 16.4 Å². The number of aromatic nitrogens is 1. The smallest absolute Gasteiger partial charge is 0.280 e. The molecule has 2 aromatic carbocycles. The van der Waals surface area contributed by atoms with Crippen molar-refractivity contribution in [2.75, 3.05) is 18.1 Å². The summed E-state index contributed by atoms with van der Waals surface area (Å²) in [5, 5.41) is 23.5. The maximum Gasteiger partial charge on any atom is 0.280 e. The number of hydrogen-bond donors (Lipinski definition) is 0. The highest BCUT2D eigenvalue weighted by Crippen LogP contribution is 2.32. The number of nitrogens with zero attached hydrogens (tertiary/aromatic N) is 6. The molecule has 10 nitrogen and oxygen atoms in total. The van der Waals surface area contributed by atoms with Gasteiger partial charge in [0.2, 0.25) is 15.2 Å². The number of anilines is 1. The Morgan fingerprint density at radius 1 is 1.11 bits per heavy atom. The second-order valence-electron chi connectivity index (χ2n) is 7.73. The second kappa shape index (κ2) is 12.1. The Morgan fingerprint density at radius 3 is 2.45 bits per heavy atom. The van der Waals surface area contributed by atoms with Gasteiger partial charge in [0.25, 0.3) is 5.91 Å². The number of hydrazone groups is 1. The van der Waals surface area contributed by atoms with Crippen molar-refractivity contribution in [3.8, 4) is 12.1 Å². The summed E-state index contributed by atoms with van der Waals surface area (Å²) >= 11 is 4.70. The summed E-state index contributed by atoms with van der Waals surface area (Å²) < 4.78 is 34.3. The highest BCUT2D eigenvalue weighted by molar-refractivity contribution is 9.10. The average Bonchev–Trinajstić information content (AvgIpc) is 3.58. The van der Waals surface area contributed by atoms with Crippen molar-refractivity contribution in [1.29, 1.82) is 10.5 Å². The molecule has 2 aromatic heterocycles. The normalized spacial score (nSPS) is 11.6. The fourth-order valence-electron chi connectivity index (χ4n) is 3.39. The van der Waals surface area contributed by atoms with E-state index < -0.39 is 15.9 Å². The van der Waals surface area contributed by atoms with Crippen LogP contribution in [-0.4, -0.2) is 42.9 Å². The molecule has 0 aliphatic rings. The van der Waals surface area contributed by atoms with E-state index in [2.05, 4.69) is 26.0 Å². The molecule has 192 valence electrons. The van der Waals surface area contributed by atoms with Gasteiger partial charge in [-0.3, -0.25) is 4.79 Å². The Bertz CT molecular complexity index is 1630. The number of carbonyl (C=O) groups excluding carboxylic acids is 1. The maximum absolute atomic E-state index is 13.5. The number of hydrogen-bond acceptors (Lipinski definition) is 9. The molecule has 0 radical (unpaired) electrons. The largest absolute Gasteiger partial charge is 0.463 e. The second-order valence-corrected chi connectivity index (χ2v) is 11.6. The zero-order valence-electron chi connectivity index (χ0n) is 19.7. The van der Waals surface area contributed by atoms with Gasteiger partial charge in [0, 0.05) is 36.0 Å². The van der Waals surface area contributed by atoms with E-state index in [1.54, 1.807) is 12.1 Å². The van der Waals surface area contributed by atoms with Crippen LogP contribution in [0, 0.1) is 22.7 Å². The van der Waals surface area contributed by atoms with Crippen molar-refractivity contribution in [2.45, 2.75) is 17.7 Å². The third-order valence-corrected chi connectivity index (χ3v) is 8.64. The molecule has 1 amide bonds. The Kier molecular flexibility index (Phi) is 8.66. The Morgan fingerprint density at radius 2 is 1.82 bits per heavy atom. The topological polar surface area (TPSA) is 144 Å². The van der Waals surface area contributed by atoms with Crippen molar-refractivity contribution in [3.63, 3.8) is 0 Å². The lowest BCUT2D eigenvalue weighted by Gasteiger charge is -2.20. The lowest BCUT2D eigenvalue weighted by molar-refractivity contribution is 0.0987. The van der Waals surface area contributed by atoms with E-state index in [1.165, 1.54) is 48.1 Å². The van der Waals surface area contributed by atoms with Crippen LogP contribution in [0.25, 0.3) is 10.2 Å². The van der Waals surface area contributed by atoms with Crippen molar-refractivity contribution < 1.29 is 17.6 Å². The summed E-state index contributed by atoms with van der Waals surface area (Å²) in [6.45, 7) is -0.0750. The van der Waals surface area contributed by atoms with Gasteiger partial charge in [0.1, 0.15) is 5.76 Å². The molecule has 0 atom stereocenters. The van der Waals surface area contributed by atoms with Gasteiger partial charge in [-0.15, -0.1) is 0 Å². The third-order valence-electron chi connectivity index (χ3n) is 5.24. The predicted octanol–water partition coefficient (Wildman–Crippen LogP) is 5.15. The molecule has 0 N–H and O–H groups in total. The summed E-state index contributed by atoms with van der Waals surface area (Å²) in [7, 11) is -3.97. The minimum absolute atomic E-state index is 0.0113. The van der Waals surface area contributed by atoms with Crippen LogP contribution in [0.15, 0.2) is 79.7 Å². The molecule has 0 spiro atoms. The summed E-state index contributed by atoms with van der Waals surface area (Å²) in [6.07, 6.45) is 2.85. The van der Waals surface area contributed by atoms with Crippen LogP contribution >= 0.6 is 27.3 Å². The van der Waals surface area contributed by atoms with Gasteiger partial charge in [-0.2, -0.15) is 24.9 Å². The Balaban J connectivity index is 1.66. The summed E-state index contributed by atoms with van der Waals surface area (Å²) in [6, 6.07) is 18.2. The number of rotatable bonds is 10. The van der Waals surface area contributed by atoms with Gasteiger partial charge < -0.3 is 4.42 Å². The molecule has 4 aromatic rings. The van der Waals surface area contributed by atoms with Crippen LogP contribution < -0.4 is 5.01 Å². The van der Waals surface area contributed by atoms with Crippen LogP contribution in [0.3, 0.4) is 0 Å². The molecule has 13 heteroatoms. The molecule has 0 saturated heterocycles. The fraction of sp³-hybridized carbons (Fsp3) is 0.160. The Hall–Kier alpha value is -3.88. The number of benzene rings is 2. The molecule has 4 rings (SSSR count). The summed E-state index contributed by atoms with van der Waals surface area (Å²) in [4.78, 5) is 18.0. The summed E-state index contributed by atoms with van der Waals surface area (Å²) in [5.74, 6) is -0.0939. The quantitative estimate of drug-likeness (QED) is 0.178. The predicted molar refractivity (Wildman–Crippen MR) is 146 cm³/mol. The molecule has 0 aliphatic carbocycles. The summed E-state index contributed by atoms with van der Waals surface area (Å²) in [5.41, 5.74) is 0.872. The lowest BCUT2D eigenvalue weighted by Crippen LogP contribution is -2.33. The average molecular weight is 612 g/mol. The van der Waals surface area contributed by atoms with Crippen molar-refractivity contribution in [2.24, 2.45) is 5.10 Å². The molecule has 0 saturated carbocycles. The first-order valence-electron chi connectivity index (χ1n) is 11.2. The first-order chi connectivity index (χ1) is 18.3. The van der Waals surface area contributed by atoms with Gasteiger partial charge in [-0.05, 0) is 54.6 Å². The fourth-order valence-corrected chi connectivity index (χ4v) is 6.30. The third kappa shape index (κ3) is 6.15. The number of fused-ring (bicyclic) bond motifs is 1. The zero-order chi connectivity index (χ0) is 27.1. The molecule has 0 fully saturated rings. The maximum atomic E-state index is 13.5. The molecular weight excluding hydrogens is 592 g/mol. The lowest BCUT2D eigenvalue weighted by atomic mass is 10.2. The highest BCUT2D eigenvalue weighted by Gasteiger charge is 2.26. The van der Waals surface area contributed by atoms with E-state index in [1.807, 2.05) is 30.3 Å². The van der Waals surface area contributed by atoms with Crippen LogP contribution in [0.4, 0.5) is 5.13 Å². The van der Waals surface area contributed by atoms with E-state index in [9.17, 15) is 13.2 Å². The minimum atomic E-state index is -3.97. The van der Waals surface area contributed by atoms with Gasteiger partial charge in [0.05, 0.1) is 39.7 Å². The zero-order valence-corrected chi connectivity index (χ0v) is 22.9. The number of nitriles is 2. The highest BCUT2D eigenvalue weighted by atomic mass is 79.9. The molecular formula is C25H19BrN6O4S2. The standard InChI is InChI=1S/C25H19BrN6O4S2/c26-19-7-10-22-23(16-19)37-25(30-22)32(29-17-20-4-1-15-36-20)24(33)18-5-8-21(9-6-18)38(34,35)31(13-2-11-27)14-3-12-28/h1,4-10,15-17H,2-3,13-14H2/b29-17+. The molecule has 0 unspecified atom stereocenters. The number of amides is 1. The number of carbonyl (C=O) groups is 1. The van der Waals surface area contributed by atoms with Gasteiger partial charge in [-0.1, -0.05) is 27.3 Å². The number of sulfonamides is 1. The minimum Gasteiger partial charge on any atom is -0.463 e. The molecule has 0 aliphatic heterocycles. The van der Waals surface area contributed by atoms with E-state index in [4.69, 9.17) is 14.9 Å². The van der Waals surface area contributed by atoms with E-state index in [0.717, 1.165) is 18.5 Å². The Labute approximate surface area is 231 Å². The van der Waals surface area contributed by atoms with Crippen LogP contribution in [0.2, 0.25) is 0 Å². The number of furan rings is 1. The van der Waals surface area contributed by atoms with Crippen LogP contribution in [-0.2, 0) is 10.0 Å². The van der Waals surface area contributed by atoms with Gasteiger partial charge >= 0.3 is 0 Å². The van der Waals surface area contributed by atoms with Crippen molar-refractivity contribution in [3.05, 3.63) is 76.7 Å². The first kappa shape index (κ1) is 27.2. The van der Waals surface area contributed by atoms with Crippen LogP contribution in [0.5, 0.6) is 0 Å². The van der Waals surface area contributed by atoms with Crippen LogP contribution in [0.1, 0.15) is 29.0 Å². The number of halogens is 1. The van der Waals surface area contributed by atoms with Crippen molar-refractivity contribution in [1.82, 2.24) is 9.29 Å². The number of thiazole rings is 1. The first-order valence-corrected chi connectivity index (χ1v) is 14.2. The molecule has 2 heterocycles. The van der Waals surface area contributed by atoms with E-state index in [-0.39, 0.29) is 36.4 Å². The van der Waals surface area contributed by atoms with Gasteiger partial charge in [0.15, 0.2) is 0 Å². The van der Waals surface area contributed by atoms with E-state index >= 15 is 0 Å². The monoisotopic (exact) mass is 610 g/mol. The van der Waals surface area contributed by atoms with Crippen molar-refractivity contribution >= 4 is 64.8 Å². The molecule has 0 bridgehead atoms. The molecule has 38 heavy (non-hydrogen) atoms. The van der Waals surface area contributed by atoms with Gasteiger partial charge in [-0.25, -0.2) is 13.4 Å². The SMILES string of the molecule is N#CCCN(CCC#N)S(=O)(=O)c1ccc(C(=O)N(/N=C/c2ccco2)c2nc3ccc(Br)cc3s2)cc1.